The highest BCUT2D eigenvalue weighted by atomic mass is 16.5. The molecular formula is C31H36O3. The highest BCUT2D eigenvalue weighted by molar-refractivity contribution is 5.47. The van der Waals surface area contributed by atoms with Crippen molar-refractivity contribution >= 4 is 0 Å². The first-order chi connectivity index (χ1) is 16.5. The summed E-state index contributed by atoms with van der Waals surface area (Å²) in [6, 6.07) is 29.4. The van der Waals surface area contributed by atoms with E-state index in [1.54, 1.807) is 0 Å². The van der Waals surface area contributed by atoms with Gasteiger partial charge in [-0.05, 0) is 57.2 Å². The standard InChI is InChI=1S/C27H24O3.2C2H6/c1-19-4-10-22(11-5-19)28-25-16-26(29-23-12-6-20(2)7-13-23)18-27(17-25)30-24-14-8-21(3)9-15-24;2*1-2/h4-18H,1-3H3;2*1-2H3. The number of hydrogen-bond acceptors (Lipinski definition) is 3. The first-order valence-electron chi connectivity index (χ1n) is 11.9. The zero-order chi connectivity index (χ0) is 24.9. The van der Waals surface area contributed by atoms with Crippen LogP contribution in [0.2, 0.25) is 0 Å². The van der Waals surface area contributed by atoms with E-state index < -0.39 is 0 Å². The molecule has 0 amide bonds. The Morgan fingerprint density at radius 1 is 0.324 bits per heavy atom. The van der Waals surface area contributed by atoms with E-state index in [1.807, 2.05) is 139 Å². The van der Waals surface area contributed by atoms with Gasteiger partial charge in [0, 0.05) is 18.2 Å². The monoisotopic (exact) mass is 456 g/mol. The van der Waals surface area contributed by atoms with Gasteiger partial charge in [0.15, 0.2) is 0 Å². The van der Waals surface area contributed by atoms with Crippen LogP contribution in [0.1, 0.15) is 44.4 Å². The summed E-state index contributed by atoms with van der Waals surface area (Å²) in [6.07, 6.45) is 0. The maximum Gasteiger partial charge on any atom is 0.134 e. The highest BCUT2D eigenvalue weighted by Crippen LogP contribution is 2.35. The molecule has 0 aliphatic rings. The second kappa shape index (κ2) is 13.7. The van der Waals surface area contributed by atoms with Gasteiger partial charge in [0.1, 0.15) is 34.5 Å². The largest absolute Gasteiger partial charge is 0.457 e. The van der Waals surface area contributed by atoms with Crippen LogP contribution >= 0.6 is 0 Å². The Morgan fingerprint density at radius 2 is 0.529 bits per heavy atom. The number of ether oxygens (including phenoxy) is 3. The summed E-state index contributed by atoms with van der Waals surface area (Å²) in [6.45, 7) is 14.1. The van der Waals surface area contributed by atoms with Crippen molar-refractivity contribution in [1.29, 1.82) is 0 Å². The normalized spacial score (nSPS) is 9.62. The zero-order valence-corrected chi connectivity index (χ0v) is 21.4. The molecule has 0 heterocycles. The summed E-state index contributed by atoms with van der Waals surface area (Å²) in [4.78, 5) is 0. The third-order valence-electron chi connectivity index (χ3n) is 4.62. The Balaban J connectivity index is 0.000000970. The average Bonchev–Trinajstić information content (AvgIpc) is 2.86. The van der Waals surface area contributed by atoms with Crippen molar-refractivity contribution in [2.24, 2.45) is 0 Å². The minimum atomic E-state index is 0.644. The first kappa shape index (κ1) is 26.5. The van der Waals surface area contributed by atoms with Gasteiger partial charge in [0.05, 0.1) is 0 Å². The maximum atomic E-state index is 6.07. The van der Waals surface area contributed by atoms with E-state index in [0.29, 0.717) is 17.2 Å². The smallest absolute Gasteiger partial charge is 0.134 e. The molecule has 3 heteroatoms. The second-order valence-corrected chi connectivity index (χ2v) is 7.39. The molecule has 178 valence electrons. The molecule has 0 saturated carbocycles. The van der Waals surface area contributed by atoms with Gasteiger partial charge >= 0.3 is 0 Å². The molecule has 0 fully saturated rings. The minimum absolute atomic E-state index is 0.644. The molecule has 0 unspecified atom stereocenters. The van der Waals surface area contributed by atoms with Crippen LogP contribution in [0.4, 0.5) is 0 Å². The van der Waals surface area contributed by atoms with Crippen LogP contribution in [-0.4, -0.2) is 0 Å². The summed E-state index contributed by atoms with van der Waals surface area (Å²) in [5, 5.41) is 0. The van der Waals surface area contributed by atoms with Gasteiger partial charge in [-0.15, -0.1) is 0 Å². The Hall–Kier alpha value is -3.72. The molecule has 0 aromatic heterocycles. The van der Waals surface area contributed by atoms with Crippen molar-refractivity contribution in [2.45, 2.75) is 48.5 Å². The lowest BCUT2D eigenvalue weighted by atomic mass is 10.2. The molecule has 0 atom stereocenters. The van der Waals surface area contributed by atoms with E-state index in [-0.39, 0.29) is 0 Å². The van der Waals surface area contributed by atoms with E-state index >= 15 is 0 Å². The number of rotatable bonds is 6. The van der Waals surface area contributed by atoms with Gasteiger partial charge in [0.2, 0.25) is 0 Å². The van der Waals surface area contributed by atoms with Gasteiger partial charge in [-0.25, -0.2) is 0 Å². The molecule has 34 heavy (non-hydrogen) atoms. The van der Waals surface area contributed by atoms with E-state index in [4.69, 9.17) is 14.2 Å². The van der Waals surface area contributed by atoms with Gasteiger partial charge in [0.25, 0.3) is 0 Å². The van der Waals surface area contributed by atoms with Crippen LogP contribution in [0.25, 0.3) is 0 Å². The highest BCUT2D eigenvalue weighted by Gasteiger charge is 2.08. The summed E-state index contributed by atoms with van der Waals surface area (Å²) in [5.41, 5.74) is 3.55. The molecule has 0 radical (unpaired) electrons. The molecular weight excluding hydrogens is 420 g/mol. The van der Waals surface area contributed by atoms with Gasteiger partial charge < -0.3 is 14.2 Å². The van der Waals surface area contributed by atoms with Crippen LogP contribution in [0.5, 0.6) is 34.5 Å². The third-order valence-corrected chi connectivity index (χ3v) is 4.62. The number of aryl methyl sites for hydroxylation is 3. The minimum Gasteiger partial charge on any atom is -0.457 e. The van der Waals surface area contributed by atoms with Crippen molar-refractivity contribution in [2.75, 3.05) is 0 Å². The molecule has 0 spiro atoms. The van der Waals surface area contributed by atoms with Crippen LogP contribution in [0, 0.1) is 20.8 Å². The average molecular weight is 457 g/mol. The summed E-state index contributed by atoms with van der Waals surface area (Å²) < 4.78 is 18.2. The van der Waals surface area contributed by atoms with E-state index in [1.165, 1.54) is 16.7 Å². The summed E-state index contributed by atoms with van der Waals surface area (Å²) in [7, 11) is 0. The van der Waals surface area contributed by atoms with Crippen LogP contribution in [0.15, 0.2) is 91.0 Å². The lowest BCUT2D eigenvalue weighted by Gasteiger charge is -2.13. The third kappa shape index (κ3) is 8.32. The molecule has 0 aliphatic carbocycles. The fourth-order valence-corrected chi connectivity index (χ4v) is 2.95. The molecule has 4 aromatic rings. The quantitative estimate of drug-likeness (QED) is 0.289. The molecule has 0 bridgehead atoms. The Labute approximate surface area is 205 Å². The fraction of sp³-hybridized carbons (Fsp3) is 0.226. The SMILES string of the molecule is CC.CC.Cc1ccc(Oc2cc(Oc3ccc(C)cc3)cc(Oc3ccc(C)cc3)c2)cc1. The van der Waals surface area contributed by atoms with Crippen molar-refractivity contribution in [1.82, 2.24) is 0 Å². The van der Waals surface area contributed by atoms with Crippen LogP contribution < -0.4 is 14.2 Å². The van der Waals surface area contributed by atoms with Gasteiger partial charge in [-0.2, -0.15) is 0 Å². The zero-order valence-electron chi connectivity index (χ0n) is 21.4. The Bertz CT molecular complexity index is 954. The van der Waals surface area contributed by atoms with Gasteiger partial charge in [-0.3, -0.25) is 0 Å². The van der Waals surface area contributed by atoms with Crippen molar-refractivity contribution < 1.29 is 14.2 Å². The van der Waals surface area contributed by atoms with Crippen LogP contribution in [-0.2, 0) is 0 Å². The predicted molar refractivity (Wildman–Crippen MR) is 143 cm³/mol. The number of benzene rings is 4. The molecule has 0 N–H and O–H groups in total. The fourth-order valence-electron chi connectivity index (χ4n) is 2.95. The Morgan fingerprint density at radius 3 is 0.735 bits per heavy atom. The summed E-state index contributed by atoms with van der Waals surface area (Å²) in [5.74, 6) is 4.21. The van der Waals surface area contributed by atoms with E-state index in [0.717, 1.165) is 17.2 Å². The lowest BCUT2D eigenvalue weighted by molar-refractivity contribution is 0.439. The van der Waals surface area contributed by atoms with Crippen molar-refractivity contribution in [3.8, 4) is 34.5 Å². The molecule has 0 aliphatic heterocycles. The van der Waals surface area contributed by atoms with Crippen LogP contribution in [0.3, 0.4) is 0 Å². The first-order valence-corrected chi connectivity index (χ1v) is 11.9. The topological polar surface area (TPSA) is 27.7 Å². The Kier molecular flexibility index (Phi) is 10.7. The van der Waals surface area contributed by atoms with E-state index in [9.17, 15) is 0 Å². The van der Waals surface area contributed by atoms with E-state index in [2.05, 4.69) is 0 Å². The maximum absolute atomic E-state index is 6.07. The molecule has 0 saturated heterocycles. The van der Waals surface area contributed by atoms with Crippen molar-refractivity contribution in [3.05, 3.63) is 108 Å². The summed E-state index contributed by atoms with van der Waals surface area (Å²) >= 11 is 0. The van der Waals surface area contributed by atoms with Crippen molar-refractivity contribution in [3.63, 3.8) is 0 Å². The molecule has 4 rings (SSSR count). The van der Waals surface area contributed by atoms with Gasteiger partial charge in [-0.1, -0.05) is 80.8 Å². The lowest BCUT2D eigenvalue weighted by Crippen LogP contribution is -1.91. The number of hydrogen-bond donors (Lipinski definition) is 0. The molecule has 3 nitrogen and oxygen atoms in total. The second-order valence-electron chi connectivity index (χ2n) is 7.39. The molecule has 4 aromatic carbocycles. The predicted octanol–water partition coefficient (Wildman–Crippen LogP) is 10.0.